The Morgan fingerprint density at radius 3 is 2.35 bits per heavy atom. The number of aryl methyl sites for hydroxylation is 2. The van der Waals surface area contributed by atoms with E-state index in [4.69, 9.17) is 9.26 Å². The van der Waals surface area contributed by atoms with Gasteiger partial charge in [0.2, 0.25) is 0 Å². The van der Waals surface area contributed by atoms with E-state index in [1.807, 2.05) is 0 Å². The molecule has 0 amide bonds. The number of aromatic nitrogens is 1. The fraction of sp³-hybridized carbons (Fsp3) is 0.267. The number of carbonyl (C=O) groups is 2. The van der Waals surface area contributed by atoms with Gasteiger partial charge in [-0.15, -0.1) is 0 Å². The van der Waals surface area contributed by atoms with Crippen LogP contribution in [-0.2, 0) is 0 Å². The van der Waals surface area contributed by atoms with E-state index in [-0.39, 0.29) is 5.78 Å². The number of hydrogen-bond acceptors (Lipinski definition) is 5. The molecule has 20 heavy (non-hydrogen) atoms. The van der Waals surface area contributed by atoms with Crippen LogP contribution >= 0.6 is 0 Å². The lowest BCUT2D eigenvalue weighted by Crippen LogP contribution is -2.10. The molecule has 0 atom stereocenters. The first-order chi connectivity index (χ1) is 9.52. The van der Waals surface area contributed by atoms with Crippen molar-refractivity contribution in [2.24, 2.45) is 0 Å². The molecular formula is C15H15NO4. The Balaban J connectivity index is 2.15. The highest BCUT2D eigenvalue weighted by Gasteiger charge is 2.19. The number of carbonyl (C=O) groups excluding carboxylic acids is 2. The van der Waals surface area contributed by atoms with Gasteiger partial charge >= 0.3 is 5.97 Å². The van der Waals surface area contributed by atoms with E-state index in [0.29, 0.717) is 34.8 Å². The zero-order valence-electron chi connectivity index (χ0n) is 11.6. The van der Waals surface area contributed by atoms with Crippen LogP contribution in [-0.4, -0.2) is 16.9 Å². The molecule has 0 fully saturated rings. The number of ether oxygens (including phenoxy) is 1. The molecule has 0 spiro atoms. The van der Waals surface area contributed by atoms with Crippen molar-refractivity contribution < 1.29 is 18.8 Å². The summed E-state index contributed by atoms with van der Waals surface area (Å²) in [5.74, 6) is 0.331. The van der Waals surface area contributed by atoms with Crippen LogP contribution in [0.5, 0.6) is 5.75 Å². The molecule has 0 aliphatic heterocycles. The fourth-order valence-corrected chi connectivity index (χ4v) is 1.85. The second kappa shape index (κ2) is 5.69. The van der Waals surface area contributed by atoms with E-state index < -0.39 is 5.97 Å². The maximum Gasteiger partial charge on any atom is 0.349 e. The summed E-state index contributed by atoms with van der Waals surface area (Å²) in [5, 5.41) is 3.71. The van der Waals surface area contributed by atoms with Crippen molar-refractivity contribution in [2.45, 2.75) is 27.2 Å². The van der Waals surface area contributed by atoms with Crippen molar-refractivity contribution >= 4 is 11.8 Å². The Labute approximate surface area is 116 Å². The van der Waals surface area contributed by atoms with Crippen LogP contribution in [0.4, 0.5) is 0 Å². The Morgan fingerprint density at radius 1 is 1.20 bits per heavy atom. The average Bonchev–Trinajstić information content (AvgIpc) is 2.78. The van der Waals surface area contributed by atoms with Crippen molar-refractivity contribution in [2.75, 3.05) is 0 Å². The van der Waals surface area contributed by atoms with E-state index in [9.17, 15) is 9.59 Å². The first kappa shape index (κ1) is 14.0. The molecule has 0 N–H and O–H groups in total. The maximum absolute atomic E-state index is 12.0. The molecule has 0 aliphatic carbocycles. The monoisotopic (exact) mass is 273 g/mol. The Hall–Kier alpha value is -2.43. The molecule has 0 radical (unpaired) electrons. The molecule has 1 aromatic heterocycles. The number of ketones is 1. The van der Waals surface area contributed by atoms with E-state index >= 15 is 0 Å². The first-order valence-electron chi connectivity index (χ1n) is 6.31. The van der Waals surface area contributed by atoms with Gasteiger partial charge in [-0.05, 0) is 38.1 Å². The molecule has 0 bridgehead atoms. The molecule has 2 aromatic rings. The van der Waals surface area contributed by atoms with Crippen molar-refractivity contribution in [1.82, 2.24) is 5.16 Å². The van der Waals surface area contributed by atoms with E-state index in [1.54, 1.807) is 45.0 Å². The van der Waals surface area contributed by atoms with Crippen LogP contribution < -0.4 is 4.74 Å². The SMILES string of the molecule is CCC(=O)c1ccc(OC(=O)c2c(C)noc2C)cc1. The van der Waals surface area contributed by atoms with Gasteiger partial charge in [-0.25, -0.2) is 4.79 Å². The van der Waals surface area contributed by atoms with E-state index in [2.05, 4.69) is 5.16 Å². The summed E-state index contributed by atoms with van der Waals surface area (Å²) < 4.78 is 10.2. The normalized spacial score (nSPS) is 10.3. The molecule has 5 heteroatoms. The highest BCUT2D eigenvalue weighted by Crippen LogP contribution is 2.18. The molecule has 2 rings (SSSR count). The zero-order chi connectivity index (χ0) is 14.7. The van der Waals surface area contributed by atoms with Gasteiger partial charge < -0.3 is 9.26 Å². The second-order valence-corrected chi connectivity index (χ2v) is 4.39. The van der Waals surface area contributed by atoms with Crippen molar-refractivity contribution in [3.63, 3.8) is 0 Å². The molecule has 0 unspecified atom stereocenters. The highest BCUT2D eigenvalue weighted by molar-refractivity contribution is 5.96. The number of hydrogen-bond donors (Lipinski definition) is 0. The van der Waals surface area contributed by atoms with Crippen LogP contribution in [0.3, 0.4) is 0 Å². The van der Waals surface area contributed by atoms with Crippen LogP contribution in [0.2, 0.25) is 0 Å². The number of nitrogens with zero attached hydrogens (tertiary/aromatic N) is 1. The summed E-state index contributed by atoms with van der Waals surface area (Å²) in [5.41, 5.74) is 1.42. The maximum atomic E-state index is 12.0. The minimum absolute atomic E-state index is 0.0496. The summed E-state index contributed by atoms with van der Waals surface area (Å²) in [6.45, 7) is 5.13. The van der Waals surface area contributed by atoms with Crippen LogP contribution in [0.15, 0.2) is 28.8 Å². The Bertz CT molecular complexity index is 621. The summed E-state index contributed by atoms with van der Waals surface area (Å²) in [6, 6.07) is 6.47. The first-order valence-corrected chi connectivity index (χ1v) is 6.31. The summed E-state index contributed by atoms with van der Waals surface area (Å²) in [7, 11) is 0. The van der Waals surface area contributed by atoms with Crippen LogP contribution in [0.1, 0.15) is 45.5 Å². The third-order valence-corrected chi connectivity index (χ3v) is 2.95. The van der Waals surface area contributed by atoms with Crippen LogP contribution in [0, 0.1) is 13.8 Å². The number of benzene rings is 1. The largest absolute Gasteiger partial charge is 0.423 e. The van der Waals surface area contributed by atoms with Crippen molar-refractivity contribution in [3.05, 3.63) is 46.8 Å². The number of rotatable bonds is 4. The van der Waals surface area contributed by atoms with Gasteiger partial charge in [0.25, 0.3) is 0 Å². The minimum atomic E-state index is -0.518. The number of Topliss-reactive ketones (excluding diaryl/α,β-unsaturated/α-hetero) is 1. The second-order valence-electron chi connectivity index (χ2n) is 4.39. The average molecular weight is 273 g/mol. The highest BCUT2D eigenvalue weighted by atomic mass is 16.5. The topological polar surface area (TPSA) is 69.4 Å². The quantitative estimate of drug-likeness (QED) is 0.486. The summed E-state index contributed by atoms with van der Waals surface area (Å²) in [6.07, 6.45) is 0.443. The van der Waals surface area contributed by atoms with Gasteiger partial charge in [0, 0.05) is 12.0 Å². The van der Waals surface area contributed by atoms with Gasteiger partial charge in [0.15, 0.2) is 5.78 Å². The minimum Gasteiger partial charge on any atom is -0.423 e. The van der Waals surface area contributed by atoms with Gasteiger partial charge in [-0.2, -0.15) is 0 Å². The molecule has 0 aliphatic rings. The Morgan fingerprint density at radius 2 is 1.85 bits per heavy atom. The predicted octanol–water partition coefficient (Wildman–Crippen LogP) is 3.10. The summed E-state index contributed by atoms with van der Waals surface area (Å²) >= 11 is 0. The molecule has 0 saturated heterocycles. The van der Waals surface area contributed by atoms with Gasteiger partial charge in [-0.3, -0.25) is 4.79 Å². The standard InChI is InChI=1S/C15H15NO4/c1-4-13(17)11-5-7-12(8-6-11)19-15(18)14-9(2)16-20-10(14)3/h5-8H,4H2,1-3H3. The molecule has 104 valence electrons. The van der Waals surface area contributed by atoms with Crippen molar-refractivity contribution in [3.8, 4) is 5.75 Å². The molecule has 0 saturated carbocycles. The van der Waals surface area contributed by atoms with Crippen molar-refractivity contribution in [1.29, 1.82) is 0 Å². The lowest BCUT2D eigenvalue weighted by Gasteiger charge is -2.04. The lowest BCUT2D eigenvalue weighted by molar-refractivity contribution is 0.0732. The third-order valence-electron chi connectivity index (χ3n) is 2.95. The lowest BCUT2D eigenvalue weighted by atomic mass is 10.1. The number of esters is 1. The van der Waals surface area contributed by atoms with E-state index in [0.717, 1.165) is 0 Å². The zero-order valence-corrected chi connectivity index (χ0v) is 11.6. The molecule has 1 aromatic carbocycles. The fourth-order valence-electron chi connectivity index (χ4n) is 1.85. The smallest absolute Gasteiger partial charge is 0.349 e. The van der Waals surface area contributed by atoms with Crippen LogP contribution in [0.25, 0.3) is 0 Å². The van der Waals surface area contributed by atoms with E-state index in [1.165, 1.54) is 0 Å². The van der Waals surface area contributed by atoms with Gasteiger partial charge in [0.05, 0.1) is 5.69 Å². The van der Waals surface area contributed by atoms with Gasteiger partial charge in [0.1, 0.15) is 17.1 Å². The molecule has 5 nitrogen and oxygen atoms in total. The van der Waals surface area contributed by atoms with Gasteiger partial charge in [-0.1, -0.05) is 12.1 Å². The molecule has 1 heterocycles. The summed E-state index contributed by atoms with van der Waals surface area (Å²) in [4.78, 5) is 23.5. The molecular weight excluding hydrogens is 258 g/mol. The Kier molecular flexibility index (Phi) is 3.98. The predicted molar refractivity (Wildman–Crippen MR) is 72.0 cm³/mol. The third kappa shape index (κ3) is 2.77.